The lowest BCUT2D eigenvalue weighted by Gasteiger charge is -2.09. The van der Waals surface area contributed by atoms with Gasteiger partial charge < -0.3 is 5.32 Å². The summed E-state index contributed by atoms with van der Waals surface area (Å²) in [5, 5.41) is 2.12. The molecule has 2 aromatic rings. The van der Waals surface area contributed by atoms with E-state index in [1.807, 2.05) is 0 Å². The quantitative estimate of drug-likeness (QED) is 0.947. The lowest BCUT2D eigenvalue weighted by Crippen LogP contribution is -2.34. The lowest BCUT2D eigenvalue weighted by atomic mass is 10.1. The molecule has 4 nitrogen and oxygen atoms in total. The van der Waals surface area contributed by atoms with Gasteiger partial charge in [0.2, 0.25) is 0 Å². The Labute approximate surface area is 123 Å². The zero-order valence-electron chi connectivity index (χ0n) is 10.5. The second-order valence-electron chi connectivity index (χ2n) is 4.06. The number of carbonyl (C=O) groups excluding carboxylic acids is 1. The second kappa shape index (κ2) is 6.09. The summed E-state index contributed by atoms with van der Waals surface area (Å²) in [6.07, 6.45) is -1.65. The molecule has 0 atom stereocenters. The Morgan fingerprint density at radius 1 is 1.24 bits per heavy atom. The van der Waals surface area contributed by atoms with Crippen LogP contribution in [0, 0.1) is 0 Å². The van der Waals surface area contributed by atoms with Crippen LogP contribution in [0.4, 0.5) is 13.2 Å². The molecular weight excluding hydrogens is 307 g/mol. The molecule has 0 unspecified atom stereocenters. The number of hydrogen-bond acceptors (Lipinski definition) is 3. The Balaban J connectivity index is 2.22. The molecule has 0 aliphatic heterocycles. The molecule has 0 aromatic carbocycles. The number of nitrogens with zero attached hydrogens (tertiary/aromatic N) is 2. The molecule has 1 N–H and O–H groups in total. The summed E-state index contributed by atoms with van der Waals surface area (Å²) in [7, 11) is 0. The maximum Gasteiger partial charge on any atom is 0.405 e. The number of rotatable bonds is 3. The van der Waals surface area contributed by atoms with Gasteiger partial charge >= 0.3 is 6.18 Å². The standard InChI is InChI=1S/C13H9ClF3N3O/c14-9-2-1-4-19-11(9)8-3-5-18-10(6-8)12(21)20-7-13(15,16)17/h1-6H,7H2,(H,20,21). The van der Waals surface area contributed by atoms with Crippen molar-refractivity contribution in [1.82, 2.24) is 15.3 Å². The first-order valence-electron chi connectivity index (χ1n) is 5.79. The predicted molar refractivity (Wildman–Crippen MR) is 70.9 cm³/mol. The van der Waals surface area contributed by atoms with Crippen LogP contribution in [-0.2, 0) is 0 Å². The summed E-state index contributed by atoms with van der Waals surface area (Å²) in [6, 6.07) is 6.16. The van der Waals surface area contributed by atoms with Crippen molar-refractivity contribution in [1.29, 1.82) is 0 Å². The Morgan fingerprint density at radius 3 is 2.67 bits per heavy atom. The molecule has 1 amide bonds. The van der Waals surface area contributed by atoms with Gasteiger partial charge in [0.05, 0.1) is 10.7 Å². The summed E-state index contributed by atoms with van der Waals surface area (Å²) in [5.41, 5.74) is 0.776. The fourth-order valence-electron chi connectivity index (χ4n) is 1.57. The van der Waals surface area contributed by atoms with E-state index in [1.165, 1.54) is 18.5 Å². The number of halogens is 4. The molecule has 2 rings (SSSR count). The molecule has 8 heteroatoms. The van der Waals surface area contributed by atoms with E-state index in [1.54, 1.807) is 23.5 Å². The van der Waals surface area contributed by atoms with Crippen molar-refractivity contribution in [3.63, 3.8) is 0 Å². The topological polar surface area (TPSA) is 54.9 Å². The monoisotopic (exact) mass is 315 g/mol. The van der Waals surface area contributed by atoms with E-state index in [4.69, 9.17) is 11.6 Å². The first-order valence-corrected chi connectivity index (χ1v) is 6.16. The highest BCUT2D eigenvalue weighted by molar-refractivity contribution is 6.33. The molecule has 2 heterocycles. The Hall–Kier alpha value is -2.15. The van der Waals surface area contributed by atoms with E-state index >= 15 is 0 Å². The van der Waals surface area contributed by atoms with Crippen molar-refractivity contribution in [2.75, 3.05) is 6.54 Å². The maximum absolute atomic E-state index is 12.1. The van der Waals surface area contributed by atoms with E-state index in [0.717, 1.165) is 0 Å². The minimum atomic E-state index is -4.47. The van der Waals surface area contributed by atoms with Crippen LogP contribution in [-0.4, -0.2) is 28.6 Å². The van der Waals surface area contributed by atoms with E-state index < -0.39 is 18.6 Å². The average Bonchev–Trinajstić information content (AvgIpc) is 2.44. The molecule has 0 saturated heterocycles. The van der Waals surface area contributed by atoms with Gasteiger partial charge in [-0.2, -0.15) is 13.2 Å². The van der Waals surface area contributed by atoms with Gasteiger partial charge in [-0.3, -0.25) is 14.8 Å². The number of carbonyl (C=O) groups is 1. The number of alkyl halides is 3. The van der Waals surface area contributed by atoms with Crippen LogP contribution in [0.15, 0.2) is 36.7 Å². The van der Waals surface area contributed by atoms with Gasteiger partial charge in [-0.25, -0.2) is 0 Å². The molecule has 21 heavy (non-hydrogen) atoms. The van der Waals surface area contributed by atoms with Crippen LogP contribution in [0.25, 0.3) is 11.3 Å². The van der Waals surface area contributed by atoms with Crippen molar-refractivity contribution in [2.24, 2.45) is 0 Å². The van der Waals surface area contributed by atoms with E-state index in [-0.39, 0.29) is 5.69 Å². The van der Waals surface area contributed by atoms with Crippen LogP contribution in [0.2, 0.25) is 5.02 Å². The highest BCUT2D eigenvalue weighted by Gasteiger charge is 2.28. The van der Waals surface area contributed by atoms with Gasteiger partial charge in [-0.1, -0.05) is 11.6 Å². The molecule has 0 fully saturated rings. The largest absolute Gasteiger partial charge is 0.405 e. The number of aromatic nitrogens is 2. The summed E-state index contributed by atoms with van der Waals surface area (Å²) in [6.45, 7) is -1.41. The van der Waals surface area contributed by atoms with Gasteiger partial charge in [-0.05, 0) is 24.3 Å². The molecule has 0 spiro atoms. The Kier molecular flexibility index (Phi) is 4.42. The zero-order chi connectivity index (χ0) is 15.5. The van der Waals surface area contributed by atoms with Gasteiger partial charge in [0, 0.05) is 18.0 Å². The fraction of sp³-hybridized carbons (Fsp3) is 0.154. The second-order valence-corrected chi connectivity index (χ2v) is 4.47. The first-order chi connectivity index (χ1) is 9.87. The summed E-state index contributed by atoms with van der Waals surface area (Å²) in [4.78, 5) is 19.4. The molecule has 2 aromatic heterocycles. The number of hydrogen-bond donors (Lipinski definition) is 1. The van der Waals surface area contributed by atoms with Crippen LogP contribution in [0.1, 0.15) is 10.5 Å². The third kappa shape index (κ3) is 4.16. The predicted octanol–water partition coefficient (Wildman–Crippen LogP) is 3.09. The third-order valence-electron chi connectivity index (χ3n) is 2.47. The number of nitrogens with one attached hydrogen (secondary N) is 1. The van der Waals surface area contributed by atoms with E-state index in [0.29, 0.717) is 16.3 Å². The van der Waals surface area contributed by atoms with Crippen LogP contribution >= 0.6 is 11.6 Å². The average molecular weight is 316 g/mol. The first kappa shape index (κ1) is 15.2. The highest BCUT2D eigenvalue weighted by Crippen LogP contribution is 2.25. The molecule has 0 radical (unpaired) electrons. The van der Waals surface area contributed by atoms with Crippen molar-refractivity contribution in [3.8, 4) is 11.3 Å². The SMILES string of the molecule is O=C(NCC(F)(F)F)c1cc(-c2ncccc2Cl)ccn1. The maximum atomic E-state index is 12.1. The van der Waals surface area contributed by atoms with Crippen molar-refractivity contribution in [2.45, 2.75) is 6.18 Å². The minimum absolute atomic E-state index is 0.140. The molecular formula is C13H9ClF3N3O. The van der Waals surface area contributed by atoms with Gasteiger partial charge in [0.25, 0.3) is 5.91 Å². The van der Waals surface area contributed by atoms with Crippen molar-refractivity contribution in [3.05, 3.63) is 47.4 Å². The molecule has 0 bridgehead atoms. The highest BCUT2D eigenvalue weighted by atomic mass is 35.5. The Morgan fingerprint density at radius 2 is 2.00 bits per heavy atom. The summed E-state index contributed by atoms with van der Waals surface area (Å²) < 4.78 is 36.2. The zero-order valence-corrected chi connectivity index (χ0v) is 11.2. The van der Waals surface area contributed by atoms with Gasteiger partial charge in [-0.15, -0.1) is 0 Å². The number of amides is 1. The van der Waals surface area contributed by atoms with Gasteiger partial charge in [0.1, 0.15) is 12.2 Å². The smallest absolute Gasteiger partial charge is 0.342 e. The fourth-order valence-corrected chi connectivity index (χ4v) is 1.80. The third-order valence-corrected chi connectivity index (χ3v) is 2.78. The van der Waals surface area contributed by atoms with Crippen molar-refractivity contribution >= 4 is 17.5 Å². The molecule has 110 valence electrons. The molecule has 0 saturated carbocycles. The molecule has 0 aliphatic carbocycles. The van der Waals surface area contributed by atoms with Crippen LogP contribution in [0.3, 0.4) is 0 Å². The summed E-state index contributed by atoms with van der Waals surface area (Å²) >= 11 is 5.98. The summed E-state index contributed by atoms with van der Waals surface area (Å²) in [5.74, 6) is -0.916. The lowest BCUT2D eigenvalue weighted by molar-refractivity contribution is -0.123. The number of pyridine rings is 2. The van der Waals surface area contributed by atoms with Crippen LogP contribution in [0.5, 0.6) is 0 Å². The van der Waals surface area contributed by atoms with Crippen molar-refractivity contribution < 1.29 is 18.0 Å². The minimum Gasteiger partial charge on any atom is -0.342 e. The van der Waals surface area contributed by atoms with Crippen LogP contribution < -0.4 is 5.32 Å². The molecule has 0 aliphatic rings. The Bertz CT molecular complexity index is 661. The van der Waals surface area contributed by atoms with E-state index in [9.17, 15) is 18.0 Å². The van der Waals surface area contributed by atoms with E-state index in [2.05, 4.69) is 9.97 Å². The normalized spacial score (nSPS) is 11.2. The van der Waals surface area contributed by atoms with Gasteiger partial charge in [0.15, 0.2) is 0 Å².